The largest absolute Gasteiger partial charge is 1.00 e. The Bertz CT molecular complexity index is 157. The van der Waals surface area contributed by atoms with Crippen molar-refractivity contribution < 1.29 is 31.0 Å². The molecule has 2 N–H and O–H groups in total. The van der Waals surface area contributed by atoms with Crippen molar-refractivity contribution in [3.63, 3.8) is 0 Å². The normalized spacial score (nSPS) is 8.11. The Balaban J connectivity index is 0. The Morgan fingerprint density at radius 1 is 1.22 bits per heavy atom. The van der Waals surface area contributed by atoms with Gasteiger partial charge in [0.1, 0.15) is 0 Å². The van der Waals surface area contributed by atoms with E-state index < -0.39 is 0 Å². The zero-order valence-corrected chi connectivity index (χ0v) is 9.89. The van der Waals surface area contributed by atoms with Crippen LogP contribution in [0.1, 0.15) is 1.43 Å². The Kier molecular flexibility index (Phi) is 4.69. The van der Waals surface area contributed by atoms with Crippen LogP contribution in [-0.4, -0.2) is 16.9 Å². The number of nitrogens with two attached hydrogens (primary N) is 1. The van der Waals surface area contributed by atoms with Gasteiger partial charge in [0.2, 0.25) is 0 Å². The summed E-state index contributed by atoms with van der Waals surface area (Å²) in [6.45, 7) is 0. The zero-order valence-electron chi connectivity index (χ0n) is 6.46. The van der Waals surface area contributed by atoms with E-state index in [4.69, 9.17) is 5.73 Å². The summed E-state index contributed by atoms with van der Waals surface area (Å²) in [5, 5.41) is 0. The summed E-state index contributed by atoms with van der Waals surface area (Å²) in [7, 11) is 0. The van der Waals surface area contributed by atoms with E-state index in [0.717, 1.165) is 5.69 Å². The molecule has 44 valence electrons. The maximum Gasteiger partial charge on any atom is 1.00 e. The molecule has 9 heavy (non-hydrogen) atoms. The number of rotatable bonds is 0. The molecule has 0 aliphatic carbocycles. The first-order chi connectivity index (χ1) is 3.79. The van der Waals surface area contributed by atoms with Gasteiger partial charge in [-0.25, -0.2) is 0 Å². The first-order valence-electron chi connectivity index (χ1n) is 2.40. The molecule has 3 heteroatoms. The summed E-state index contributed by atoms with van der Waals surface area (Å²) < 4.78 is 1.31. The second-order valence-electron chi connectivity index (χ2n) is 1.67. The van der Waals surface area contributed by atoms with Crippen molar-refractivity contribution in [3.8, 4) is 0 Å². The van der Waals surface area contributed by atoms with Crippen LogP contribution < -0.4 is 39.6 Å². The molecular weight excluding hydrogens is 184 g/mol. The van der Waals surface area contributed by atoms with Gasteiger partial charge in [0, 0.05) is 0 Å². The van der Waals surface area contributed by atoms with Crippen molar-refractivity contribution in [2.75, 3.05) is 5.73 Å². The van der Waals surface area contributed by atoms with Crippen molar-refractivity contribution in [2.24, 2.45) is 0 Å². The van der Waals surface area contributed by atoms with Gasteiger partial charge < -0.3 is 1.43 Å². The quantitative estimate of drug-likeness (QED) is 0.338. The van der Waals surface area contributed by atoms with Crippen LogP contribution in [0.4, 0.5) is 5.69 Å². The van der Waals surface area contributed by atoms with Crippen molar-refractivity contribution in [1.29, 1.82) is 0 Å². The van der Waals surface area contributed by atoms with Crippen LogP contribution in [0.3, 0.4) is 0 Å². The summed E-state index contributed by atoms with van der Waals surface area (Å²) >= 11 is 1.62. The molecule has 0 spiro atoms. The fourth-order valence-electron chi connectivity index (χ4n) is 0.496. The van der Waals surface area contributed by atoms with Crippen LogP contribution in [0, 0.1) is 0 Å². The number of anilines is 1. The van der Waals surface area contributed by atoms with Crippen LogP contribution in [0.2, 0.25) is 0 Å². The monoisotopic (exact) mass is 193 g/mol. The molecule has 0 aliphatic rings. The van der Waals surface area contributed by atoms with Crippen molar-refractivity contribution in [1.82, 2.24) is 0 Å². The van der Waals surface area contributed by atoms with Gasteiger partial charge in [-0.3, -0.25) is 0 Å². The molecule has 1 aromatic rings. The van der Waals surface area contributed by atoms with Gasteiger partial charge in [0.05, 0.1) is 0 Å². The SMILES string of the molecule is Nc1ccc([AsH2])cc1.[H-].[Na+]. The molecule has 0 saturated heterocycles. The summed E-state index contributed by atoms with van der Waals surface area (Å²) in [5.74, 6) is 0. The standard InChI is InChI=1S/C6H8AsN.Na.H/c7-5-1-3-6(8)4-2-5;;/h1-4H,7-8H2;;/q;+1;-1. The molecule has 0 bridgehead atoms. The maximum atomic E-state index is 5.43. The number of benzene rings is 1. The van der Waals surface area contributed by atoms with Crippen LogP contribution in [0.25, 0.3) is 0 Å². The van der Waals surface area contributed by atoms with E-state index >= 15 is 0 Å². The van der Waals surface area contributed by atoms with Gasteiger partial charge in [-0.1, -0.05) is 0 Å². The van der Waals surface area contributed by atoms with Crippen molar-refractivity contribution in [2.45, 2.75) is 0 Å². The van der Waals surface area contributed by atoms with Gasteiger partial charge >= 0.3 is 86.4 Å². The number of hydrogen-bond acceptors (Lipinski definition) is 1. The maximum absolute atomic E-state index is 5.43. The molecule has 1 unspecified atom stereocenters. The van der Waals surface area contributed by atoms with E-state index in [0.29, 0.717) is 0 Å². The minimum atomic E-state index is 0. The van der Waals surface area contributed by atoms with Crippen molar-refractivity contribution >= 4 is 26.9 Å². The topological polar surface area (TPSA) is 26.0 Å². The minimum Gasteiger partial charge on any atom is -1.00 e. The fraction of sp³-hybridized carbons (Fsp3) is 0. The average Bonchev–Trinajstić information content (AvgIpc) is 1.77. The Morgan fingerprint density at radius 2 is 1.67 bits per heavy atom. The molecule has 0 saturated carbocycles. The summed E-state index contributed by atoms with van der Waals surface area (Å²) in [5.41, 5.74) is 6.27. The fourth-order valence-corrected chi connectivity index (χ4v) is 0.900. The molecule has 0 aliphatic heterocycles. The van der Waals surface area contributed by atoms with Gasteiger partial charge in [-0.05, 0) is 0 Å². The Labute approximate surface area is 87.3 Å². The zero-order chi connectivity index (χ0) is 5.98. The first-order valence-corrected chi connectivity index (χ1v) is 3.61. The molecule has 0 heterocycles. The first kappa shape index (κ1) is 9.58. The van der Waals surface area contributed by atoms with E-state index in [9.17, 15) is 0 Å². The van der Waals surface area contributed by atoms with Gasteiger partial charge in [0.25, 0.3) is 0 Å². The second kappa shape index (κ2) is 4.40. The molecular formula is C6H9AsNNa. The van der Waals surface area contributed by atoms with Crippen LogP contribution >= 0.6 is 0 Å². The third-order valence-electron chi connectivity index (χ3n) is 0.936. The average molecular weight is 193 g/mol. The van der Waals surface area contributed by atoms with E-state index in [-0.39, 0.29) is 31.0 Å². The van der Waals surface area contributed by atoms with Crippen molar-refractivity contribution in [3.05, 3.63) is 24.3 Å². The molecule has 1 atom stereocenters. The molecule has 1 nitrogen and oxygen atoms in total. The third kappa shape index (κ3) is 3.32. The second-order valence-corrected chi connectivity index (χ2v) is 3.07. The number of hydrogen-bond donors (Lipinski definition) is 1. The smallest absolute Gasteiger partial charge is 1.00 e. The van der Waals surface area contributed by atoms with Crippen LogP contribution in [0.15, 0.2) is 24.3 Å². The van der Waals surface area contributed by atoms with Crippen LogP contribution in [0.5, 0.6) is 0 Å². The van der Waals surface area contributed by atoms with Gasteiger partial charge in [-0.2, -0.15) is 0 Å². The molecule has 0 fully saturated rings. The van der Waals surface area contributed by atoms with E-state index in [1.54, 1.807) is 16.9 Å². The minimum absolute atomic E-state index is 0. The predicted molar refractivity (Wildman–Crippen MR) is 40.1 cm³/mol. The van der Waals surface area contributed by atoms with Gasteiger partial charge in [-0.15, -0.1) is 0 Å². The van der Waals surface area contributed by atoms with Crippen LogP contribution in [-0.2, 0) is 0 Å². The molecule has 0 amide bonds. The van der Waals surface area contributed by atoms with E-state index in [1.165, 1.54) is 4.35 Å². The summed E-state index contributed by atoms with van der Waals surface area (Å²) in [6.07, 6.45) is 0. The third-order valence-corrected chi connectivity index (χ3v) is 1.74. The van der Waals surface area contributed by atoms with E-state index in [1.807, 2.05) is 24.3 Å². The predicted octanol–water partition coefficient (Wildman–Crippen LogP) is -3.36. The summed E-state index contributed by atoms with van der Waals surface area (Å²) in [6, 6.07) is 7.87. The molecule has 0 radical (unpaired) electrons. The Morgan fingerprint density at radius 3 is 2.00 bits per heavy atom. The number of nitrogen functional groups attached to an aromatic ring is 1. The molecule has 0 aromatic heterocycles. The summed E-state index contributed by atoms with van der Waals surface area (Å²) in [4.78, 5) is 0. The Hall–Kier alpha value is 0.578. The van der Waals surface area contributed by atoms with E-state index in [2.05, 4.69) is 0 Å². The van der Waals surface area contributed by atoms with Gasteiger partial charge in [0.15, 0.2) is 0 Å². The molecule has 1 rings (SSSR count). The molecule has 1 aromatic carbocycles.